The van der Waals surface area contributed by atoms with E-state index in [1.54, 1.807) is 0 Å². The number of likely N-dealkylation sites (tertiary alicyclic amines) is 1. The monoisotopic (exact) mass is 556 g/mol. The Labute approximate surface area is 208 Å². The fourth-order valence-electron chi connectivity index (χ4n) is 4.85. The number of nitrogens with one attached hydrogen (secondary N) is 1. The van der Waals surface area contributed by atoms with Gasteiger partial charge in [0, 0.05) is 39.8 Å². The topological polar surface area (TPSA) is 66.4 Å². The highest BCUT2D eigenvalue weighted by molar-refractivity contribution is 14.0. The number of nitrogens with zero attached hydrogens (tertiary/aromatic N) is 3. The lowest BCUT2D eigenvalue weighted by molar-refractivity contribution is -0.121. The molecule has 8 heteroatoms. The summed E-state index contributed by atoms with van der Waals surface area (Å²) >= 11 is 0. The van der Waals surface area contributed by atoms with Gasteiger partial charge in [-0.2, -0.15) is 0 Å². The number of piperidine rings is 1. The van der Waals surface area contributed by atoms with Crippen LogP contribution in [0, 0.1) is 5.92 Å². The van der Waals surface area contributed by atoms with Crippen LogP contribution in [0.1, 0.15) is 44.9 Å². The molecule has 1 saturated carbocycles. The average Bonchev–Trinajstić information content (AvgIpc) is 3.33. The number of para-hydroxylation sites is 2. The van der Waals surface area contributed by atoms with E-state index in [0.29, 0.717) is 12.6 Å². The van der Waals surface area contributed by atoms with Crippen LogP contribution in [0.15, 0.2) is 29.3 Å². The molecule has 7 nitrogen and oxygen atoms in total. The molecule has 1 amide bonds. The lowest BCUT2D eigenvalue weighted by Crippen LogP contribution is -2.47. The van der Waals surface area contributed by atoms with Crippen molar-refractivity contribution in [2.24, 2.45) is 10.9 Å². The van der Waals surface area contributed by atoms with Gasteiger partial charge in [-0.15, -0.1) is 24.0 Å². The zero-order valence-corrected chi connectivity index (χ0v) is 21.5. The number of ether oxygens (including phenoxy) is 2. The average molecular weight is 556 g/mol. The smallest absolute Gasteiger partial charge is 0.265 e. The van der Waals surface area contributed by atoms with Crippen molar-refractivity contribution >= 4 is 41.5 Å². The summed E-state index contributed by atoms with van der Waals surface area (Å²) in [5.41, 5.74) is 0.864. The maximum absolute atomic E-state index is 12.3. The number of fused-ring (bicyclic) bond motifs is 1. The van der Waals surface area contributed by atoms with Crippen molar-refractivity contribution in [1.29, 1.82) is 0 Å². The highest BCUT2D eigenvalue weighted by Gasteiger charge is 2.26. The first-order valence-electron chi connectivity index (χ1n) is 11.8. The second-order valence-corrected chi connectivity index (χ2v) is 8.80. The Hall–Kier alpha value is -1.55. The number of benzene rings is 1. The Balaban J connectivity index is 0.00000289. The third-order valence-electron chi connectivity index (χ3n) is 6.65. The second-order valence-electron chi connectivity index (χ2n) is 8.80. The SMILES string of the molecule is CN=C(NCCCN1C(=O)COc2ccccc21)N1CCC(OCC2CCCC2)CC1.I. The van der Waals surface area contributed by atoms with E-state index in [-0.39, 0.29) is 36.5 Å². The van der Waals surface area contributed by atoms with Crippen LogP contribution in [0.3, 0.4) is 0 Å². The number of carbonyl (C=O) groups excluding carboxylic acids is 1. The first-order valence-corrected chi connectivity index (χ1v) is 11.8. The van der Waals surface area contributed by atoms with E-state index in [0.717, 1.165) is 68.8 Å². The molecule has 0 unspecified atom stereocenters. The van der Waals surface area contributed by atoms with Crippen molar-refractivity contribution in [3.8, 4) is 5.75 Å². The van der Waals surface area contributed by atoms with Gasteiger partial charge in [0.1, 0.15) is 5.75 Å². The highest BCUT2D eigenvalue weighted by atomic mass is 127. The fourth-order valence-corrected chi connectivity index (χ4v) is 4.85. The molecule has 0 atom stereocenters. The Morgan fingerprint density at radius 3 is 2.69 bits per heavy atom. The van der Waals surface area contributed by atoms with Crippen LogP contribution in [0.4, 0.5) is 5.69 Å². The normalized spacial score (nSPS) is 20.0. The summed E-state index contributed by atoms with van der Waals surface area (Å²) in [4.78, 5) is 20.9. The number of guanidine groups is 1. The standard InChI is InChI=1S/C24H36N4O3.HI/c1-25-24(27-15-11-20(12-16-27)30-17-19-7-2-3-8-19)26-13-6-14-28-21-9-4-5-10-22(21)31-18-23(28)29;/h4-5,9-10,19-20H,2-3,6-8,11-18H2,1H3,(H,25,26);1H. The van der Waals surface area contributed by atoms with Crippen LogP contribution in [-0.4, -0.2) is 69.3 Å². The number of halogens is 1. The molecule has 0 radical (unpaired) electrons. The van der Waals surface area contributed by atoms with E-state index < -0.39 is 0 Å². The lowest BCUT2D eigenvalue weighted by Gasteiger charge is -2.34. The van der Waals surface area contributed by atoms with Crippen molar-refractivity contribution in [2.45, 2.75) is 51.0 Å². The van der Waals surface area contributed by atoms with E-state index in [4.69, 9.17) is 9.47 Å². The molecule has 0 aromatic heterocycles. The quantitative estimate of drug-likeness (QED) is 0.241. The summed E-state index contributed by atoms with van der Waals surface area (Å²) < 4.78 is 11.7. The molecule has 1 N–H and O–H groups in total. The summed E-state index contributed by atoms with van der Waals surface area (Å²) in [5, 5.41) is 3.48. The van der Waals surface area contributed by atoms with E-state index >= 15 is 0 Å². The molecular weight excluding hydrogens is 519 g/mol. The number of carbonyl (C=O) groups is 1. The first-order chi connectivity index (χ1) is 15.2. The van der Waals surface area contributed by atoms with Crippen molar-refractivity contribution in [3.63, 3.8) is 0 Å². The molecule has 2 heterocycles. The van der Waals surface area contributed by atoms with Crippen LogP contribution in [0.25, 0.3) is 0 Å². The zero-order valence-electron chi connectivity index (χ0n) is 19.1. The number of hydrogen-bond donors (Lipinski definition) is 1. The molecule has 1 aromatic rings. The molecule has 32 heavy (non-hydrogen) atoms. The van der Waals surface area contributed by atoms with Gasteiger partial charge in [0.2, 0.25) is 0 Å². The van der Waals surface area contributed by atoms with Crippen LogP contribution >= 0.6 is 24.0 Å². The summed E-state index contributed by atoms with van der Waals surface area (Å²) in [5.74, 6) is 2.53. The number of hydrogen-bond acceptors (Lipinski definition) is 4. The first kappa shape index (κ1) is 25.1. The maximum atomic E-state index is 12.3. The van der Waals surface area contributed by atoms with E-state index in [1.807, 2.05) is 36.2 Å². The Bertz CT molecular complexity index is 761. The summed E-state index contributed by atoms with van der Waals surface area (Å²) in [6, 6.07) is 7.73. The molecule has 0 bridgehead atoms. The minimum atomic E-state index is 0. The summed E-state index contributed by atoms with van der Waals surface area (Å²) in [6.45, 7) is 4.46. The number of anilines is 1. The van der Waals surface area contributed by atoms with Crippen molar-refractivity contribution < 1.29 is 14.3 Å². The maximum Gasteiger partial charge on any atom is 0.265 e. The van der Waals surface area contributed by atoms with Gasteiger partial charge in [0.05, 0.1) is 11.8 Å². The Morgan fingerprint density at radius 2 is 1.94 bits per heavy atom. The Morgan fingerprint density at radius 1 is 1.19 bits per heavy atom. The number of rotatable bonds is 7. The van der Waals surface area contributed by atoms with Gasteiger partial charge in [-0.05, 0) is 50.2 Å². The highest BCUT2D eigenvalue weighted by Crippen LogP contribution is 2.31. The molecular formula is C24H37IN4O3. The van der Waals surface area contributed by atoms with Gasteiger partial charge in [0.15, 0.2) is 12.6 Å². The van der Waals surface area contributed by atoms with Crippen LogP contribution in [0.5, 0.6) is 5.75 Å². The van der Waals surface area contributed by atoms with Crippen LogP contribution < -0.4 is 15.0 Å². The lowest BCUT2D eigenvalue weighted by atomic mass is 10.1. The number of aliphatic imine (C=N–C) groups is 1. The zero-order chi connectivity index (χ0) is 21.5. The van der Waals surface area contributed by atoms with Gasteiger partial charge in [-0.25, -0.2) is 0 Å². The van der Waals surface area contributed by atoms with Gasteiger partial charge in [-0.1, -0.05) is 25.0 Å². The second kappa shape index (κ2) is 12.6. The molecule has 1 aliphatic carbocycles. The Kier molecular flexibility index (Phi) is 9.90. The van der Waals surface area contributed by atoms with E-state index in [2.05, 4.69) is 15.2 Å². The van der Waals surface area contributed by atoms with Crippen LogP contribution in [0.2, 0.25) is 0 Å². The largest absolute Gasteiger partial charge is 0.482 e. The molecule has 2 aliphatic heterocycles. The predicted octanol–water partition coefficient (Wildman–Crippen LogP) is 3.67. The molecule has 178 valence electrons. The molecule has 4 rings (SSSR count). The third kappa shape index (κ3) is 6.50. The van der Waals surface area contributed by atoms with Gasteiger partial charge >= 0.3 is 0 Å². The van der Waals surface area contributed by atoms with Gasteiger partial charge in [-0.3, -0.25) is 9.79 Å². The minimum absolute atomic E-state index is 0. The van der Waals surface area contributed by atoms with Crippen molar-refractivity contribution in [2.75, 3.05) is 51.3 Å². The minimum Gasteiger partial charge on any atom is -0.482 e. The van der Waals surface area contributed by atoms with Crippen molar-refractivity contribution in [1.82, 2.24) is 10.2 Å². The molecule has 3 aliphatic rings. The molecule has 1 saturated heterocycles. The van der Waals surface area contributed by atoms with Crippen molar-refractivity contribution in [3.05, 3.63) is 24.3 Å². The number of amides is 1. The van der Waals surface area contributed by atoms with E-state index in [9.17, 15) is 4.79 Å². The molecule has 2 fully saturated rings. The summed E-state index contributed by atoms with van der Waals surface area (Å²) in [7, 11) is 1.84. The molecule has 0 spiro atoms. The summed E-state index contributed by atoms with van der Waals surface area (Å²) in [6.07, 6.45) is 8.80. The van der Waals surface area contributed by atoms with Crippen LogP contribution in [-0.2, 0) is 9.53 Å². The third-order valence-corrected chi connectivity index (χ3v) is 6.65. The predicted molar refractivity (Wildman–Crippen MR) is 138 cm³/mol. The molecule has 1 aromatic carbocycles. The fraction of sp³-hybridized carbons (Fsp3) is 0.667. The van der Waals surface area contributed by atoms with Gasteiger partial charge < -0.3 is 24.6 Å². The van der Waals surface area contributed by atoms with Gasteiger partial charge in [0.25, 0.3) is 5.91 Å². The van der Waals surface area contributed by atoms with E-state index in [1.165, 1.54) is 25.7 Å².